The van der Waals surface area contributed by atoms with E-state index in [0.717, 1.165) is 93.8 Å². The number of piperidine rings is 4. The van der Waals surface area contributed by atoms with Gasteiger partial charge in [0, 0.05) is 31.3 Å². The second kappa shape index (κ2) is 19.0. The molecule has 13 nitrogen and oxygen atoms in total. The number of nitrogens with zero attached hydrogens (tertiary/aromatic N) is 4. The average Bonchev–Trinajstić information content (AvgIpc) is 3.53. The third kappa shape index (κ3) is 9.63. The summed E-state index contributed by atoms with van der Waals surface area (Å²) in [6.07, 6.45) is 9.61. The van der Waals surface area contributed by atoms with Crippen molar-refractivity contribution in [2.75, 3.05) is 71.5 Å². The van der Waals surface area contributed by atoms with E-state index in [2.05, 4.69) is 44.3 Å². The molecule has 0 spiro atoms. The fourth-order valence-corrected chi connectivity index (χ4v) is 11.6. The van der Waals surface area contributed by atoms with Crippen LogP contribution in [0.4, 0.5) is 0 Å². The Morgan fingerprint density at radius 1 is 0.758 bits per heavy atom. The third-order valence-electron chi connectivity index (χ3n) is 14.0. The summed E-state index contributed by atoms with van der Waals surface area (Å²) in [4.78, 5) is 61.1. The van der Waals surface area contributed by atoms with Crippen LogP contribution in [0.25, 0.3) is 0 Å². The molecule has 332 valence electrons. The molecule has 0 aliphatic carbocycles. The highest BCUT2D eigenvalue weighted by molar-refractivity contribution is 7.90. The molecule has 2 atom stereocenters. The van der Waals surface area contributed by atoms with Crippen LogP contribution in [0.2, 0.25) is 0 Å². The van der Waals surface area contributed by atoms with E-state index in [4.69, 9.17) is 9.47 Å². The van der Waals surface area contributed by atoms with E-state index in [-0.39, 0.29) is 17.7 Å². The first kappa shape index (κ1) is 44.0. The maximum absolute atomic E-state index is 14.2. The van der Waals surface area contributed by atoms with Gasteiger partial charge in [0.2, 0.25) is 11.8 Å². The quantitative estimate of drug-likeness (QED) is 0.210. The number of likely N-dealkylation sites (tertiary alicyclic amines) is 3. The minimum atomic E-state index is -3.60. The summed E-state index contributed by atoms with van der Waals surface area (Å²) in [6, 6.07) is 19.2. The summed E-state index contributed by atoms with van der Waals surface area (Å²) in [6.45, 7) is 9.42. The number of fused-ring (bicyclic) bond motifs is 1. The Labute approximate surface area is 366 Å². The van der Waals surface area contributed by atoms with E-state index in [0.29, 0.717) is 72.1 Å². The second-order valence-electron chi connectivity index (χ2n) is 17.8. The van der Waals surface area contributed by atoms with Gasteiger partial charge in [0.05, 0.1) is 42.6 Å². The molecule has 1 N–H and O–H groups in total. The van der Waals surface area contributed by atoms with E-state index < -0.39 is 33.4 Å². The topological polar surface area (TPSA) is 146 Å². The van der Waals surface area contributed by atoms with Gasteiger partial charge in [0.1, 0.15) is 9.84 Å². The smallest absolute Gasteiger partial charge is 0.262 e. The number of carbonyl (C=O) groups is 4. The van der Waals surface area contributed by atoms with Crippen LogP contribution in [-0.4, -0.2) is 135 Å². The van der Waals surface area contributed by atoms with E-state index in [9.17, 15) is 27.6 Å². The molecule has 0 radical (unpaired) electrons. The minimum absolute atomic E-state index is 0.178. The molecule has 62 heavy (non-hydrogen) atoms. The second-order valence-corrected chi connectivity index (χ2v) is 20.0. The number of rotatable bonds is 14. The summed E-state index contributed by atoms with van der Waals surface area (Å²) in [7, 11) is -2.08. The van der Waals surface area contributed by atoms with Crippen molar-refractivity contribution in [1.29, 1.82) is 0 Å². The Kier molecular flexibility index (Phi) is 13.5. The summed E-state index contributed by atoms with van der Waals surface area (Å²) in [5.74, 6) is -0.533. The highest BCUT2D eigenvalue weighted by atomic mass is 32.2. The Bertz CT molecular complexity index is 2240. The predicted molar refractivity (Wildman–Crippen MR) is 236 cm³/mol. The molecule has 5 aliphatic heterocycles. The lowest BCUT2D eigenvalue weighted by Gasteiger charge is -2.45. The van der Waals surface area contributed by atoms with Crippen molar-refractivity contribution in [3.05, 3.63) is 94.0 Å². The van der Waals surface area contributed by atoms with Crippen LogP contribution in [0, 0.1) is 0 Å². The molecule has 4 saturated heterocycles. The molecule has 8 rings (SSSR count). The first-order valence-electron chi connectivity index (χ1n) is 22.5. The van der Waals surface area contributed by atoms with Gasteiger partial charge in [0.15, 0.2) is 11.5 Å². The number of sulfone groups is 1. The van der Waals surface area contributed by atoms with Gasteiger partial charge in [-0.2, -0.15) is 0 Å². The molecule has 2 unspecified atom stereocenters. The standard InChI is InChI=1S/C48H61N5O8S/c1-4-61-43-30-36(12-14-42(43)60-2)41(31-62(3,58)59)53-47(56)40-7-5-6-35(45(40)48(53)57)16-23-50-24-19-37(20-25-50)52-28-21-38(22-29-52)51-26-17-33(18-27-51)32-8-10-34(11-9-32)39-13-15-44(54)49-46(39)55/h5-12,14,30,33,37-39,41H,4,13,15-29,31H2,1-3H3,(H,49,54,55). The average molecular weight is 868 g/mol. The summed E-state index contributed by atoms with van der Waals surface area (Å²) < 4.78 is 36.6. The first-order valence-corrected chi connectivity index (χ1v) is 24.6. The maximum atomic E-state index is 14.2. The number of hydrogen-bond donors (Lipinski definition) is 1. The Hall–Kier alpha value is -4.63. The number of methoxy groups -OCH3 is 1. The van der Waals surface area contributed by atoms with Crippen molar-refractivity contribution in [2.24, 2.45) is 0 Å². The van der Waals surface area contributed by atoms with Crippen molar-refractivity contribution in [2.45, 2.75) is 94.7 Å². The van der Waals surface area contributed by atoms with Gasteiger partial charge < -0.3 is 24.2 Å². The molecule has 0 saturated carbocycles. The number of carbonyl (C=O) groups excluding carboxylic acids is 4. The lowest BCUT2D eigenvalue weighted by Crippen LogP contribution is -2.52. The Balaban J connectivity index is 0.806. The fourth-order valence-electron chi connectivity index (χ4n) is 10.7. The van der Waals surface area contributed by atoms with Crippen molar-refractivity contribution >= 4 is 33.5 Å². The molecule has 4 amide bonds. The summed E-state index contributed by atoms with van der Waals surface area (Å²) >= 11 is 0. The van der Waals surface area contributed by atoms with Crippen LogP contribution in [0.1, 0.15) is 119 Å². The lowest BCUT2D eigenvalue weighted by molar-refractivity contribution is -0.134. The molecule has 5 heterocycles. The number of hydrogen-bond acceptors (Lipinski definition) is 11. The number of amides is 4. The maximum Gasteiger partial charge on any atom is 0.262 e. The van der Waals surface area contributed by atoms with E-state index >= 15 is 0 Å². The minimum Gasteiger partial charge on any atom is -0.493 e. The molecule has 0 bridgehead atoms. The van der Waals surface area contributed by atoms with Crippen LogP contribution >= 0.6 is 0 Å². The van der Waals surface area contributed by atoms with Gasteiger partial charge >= 0.3 is 0 Å². The first-order chi connectivity index (χ1) is 29.9. The summed E-state index contributed by atoms with van der Waals surface area (Å²) in [5, 5.41) is 2.48. The van der Waals surface area contributed by atoms with Crippen molar-refractivity contribution < 1.29 is 37.1 Å². The van der Waals surface area contributed by atoms with Gasteiger partial charge in [-0.15, -0.1) is 0 Å². The highest BCUT2D eigenvalue weighted by Gasteiger charge is 2.43. The predicted octanol–water partition coefficient (Wildman–Crippen LogP) is 5.35. The number of nitrogens with one attached hydrogen (secondary N) is 1. The van der Waals surface area contributed by atoms with E-state index in [1.54, 1.807) is 24.3 Å². The Morgan fingerprint density at radius 3 is 2.03 bits per heavy atom. The van der Waals surface area contributed by atoms with Gasteiger partial charge in [-0.05, 0) is 144 Å². The van der Waals surface area contributed by atoms with Crippen LogP contribution < -0.4 is 14.8 Å². The van der Waals surface area contributed by atoms with Crippen LogP contribution in [-0.2, 0) is 25.8 Å². The number of imide groups is 2. The van der Waals surface area contributed by atoms with Gasteiger partial charge in [-0.25, -0.2) is 8.42 Å². The highest BCUT2D eigenvalue weighted by Crippen LogP contribution is 2.38. The van der Waals surface area contributed by atoms with Gasteiger partial charge in [0.25, 0.3) is 11.8 Å². The zero-order chi connectivity index (χ0) is 43.5. The zero-order valence-electron chi connectivity index (χ0n) is 36.4. The van der Waals surface area contributed by atoms with Gasteiger partial charge in [-0.1, -0.05) is 42.5 Å². The molecule has 3 aromatic carbocycles. The fraction of sp³-hybridized carbons (Fsp3) is 0.542. The van der Waals surface area contributed by atoms with Crippen molar-refractivity contribution in [1.82, 2.24) is 24.9 Å². The summed E-state index contributed by atoms with van der Waals surface area (Å²) in [5.41, 5.74) is 4.32. The van der Waals surface area contributed by atoms with Crippen LogP contribution in [0.3, 0.4) is 0 Å². The van der Waals surface area contributed by atoms with Crippen LogP contribution in [0.5, 0.6) is 11.5 Å². The molecule has 3 aromatic rings. The van der Waals surface area contributed by atoms with E-state index in [1.165, 1.54) is 25.5 Å². The third-order valence-corrected chi connectivity index (χ3v) is 15.0. The molecular weight excluding hydrogens is 807 g/mol. The van der Waals surface area contributed by atoms with Gasteiger partial charge in [-0.3, -0.25) is 29.4 Å². The monoisotopic (exact) mass is 867 g/mol. The molecule has 0 aromatic heterocycles. The zero-order valence-corrected chi connectivity index (χ0v) is 37.2. The van der Waals surface area contributed by atoms with Crippen molar-refractivity contribution in [3.8, 4) is 11.5 Å². The largest absolute Gasteiger partial charge is 0.493 e. The van der Waals surface area contributed by atoms with Crippen LogP contribution in [0.15, 0.2) is 60.7 Å². The lowest BCUT2D eigenvalue weighted by atomic mass is 9.85. The van der Waals surface area contributed by atoms with Crippen molar-refractivity contribution in [3.63, 3.8) is 0 Å². The Morgan fingerprint density at radius 2 is 1.40 bits per heavy atom. The van der Waals surface area contributed by atoms with E-state index in [1.807, 2.05) is 19.1 Å². The number of benzene rings is 3. The molecule has 4 fully saturated rings. The molecular formula is C48H61N5O8S. The molecule has 5 aliphatic rings. The normalized spacial score (nSPS) is 22.2. The number of ether oxygens (including phenoxy) is 2. The SMILES string of the molecule is CCOc1cc(C(CS(C)(=O)=O)N2C(=O)c3cccc(CCN4CCC(N5CCC(N6CCC(c7ccc(C8CCC(=O)NC8=O)cc7)CC6)CC5)CC4)c3C2=O)ccc1OC. The molecule has 14 heteroatoms.